The Morgan fingerprint density at radius 3 is 2.53 bits per heavy atom. The van der Waals surface area contributed by atoms with E-state index in [0.717, 1.165) is 15.6 Å². The Hall–Kier alpha value is -3.68. The maximum Gasteiger partial charge on any atom is 0.355 e. The number of nitrogens with one attached hydrogen (secondary N) is 1. The van der Waals surface area contributed by atoms with E-state index in [9.17, 15) is 9.59 Å². The first-order valence-corrected chi connectivity index (χ1v) is 10.7. The minimum absolute atomic E-state index is 0.356. The van der Waals surface area contributed by atoms with Crippen molar-refractivity contribution in [2.24, 2.45) is 5.10 Å². The lowest BCUT2D eigenvalue weighted by atomic mass is 10.2. The lowest BCUT2D eigenvalue weighted by molar-refractivity contribution is 0.0739. The number of hydrazone groups is 1. The van der Waals surface area contributed by atoms with Crippen LogP contribution in [0.1, 0.15) is 25.6 Å². The lowest BCUT2D eigenvalue weighted by Gasteiger charge is -2.04. The van der Waals surface area contributed by atoms with Crippen LogP contribution in [0.15, 0.2) is 77.9 Å². The number of methoxy groups -OCH3 is 1. The monoisotopic (exact) mass is 464 g/mol. The zero-order valence-corrected chi connectivity index (χ0v) is 18.4. The summed E-state index contributed by atoms with van der Waals surface area (Å²) in [7, 11) is 1.53. The van der Waals surface area contributed by atoms with Crippen molar-refractivity contribution in [3.8, 4) is 11.5 Å². The van der Waals surface area contributed by atoms with Crippen LogP contribution in [0.4, 0.5) is 0 Å². The molecule has 1 N–H and O–H groups in total. The van der Waals surface area contributed by atoms with Crippen molar-refractivity contribution in [2.45, 2.75) is 0 Å². The molecule has 0 radical (unpaired) electrons. The minimum atomic E-state index is -0.511. The van der Waals surface area contributed by atoms with Crippen LogP contribution in [0.5, 0.6) is 11.5 Å². The van der Waals surface area contributed by atoms with E-state index in [1.165, 1.54) is 24.7 Å². The topological polar surface area (TPSA) is 77.0 Å². The molecule has 0 unspecified atom stereocenters. The summed E-state index contributed by atoms with van der Waals surface area (Å²) in [6.45, 7) is 0. The van der Waals surface area contributed by atoms with Crippen molar-refractivity contribution >= 4 is 51.1 Å². The van der Waals surface area contributed by atoms with Gasteiger partial charge >= 0.3 is 5.97 Å². The fraction of sp³-hybridized carbons (Fsp3) is 0.0417. The van der Waals surface area contributed by atoms with Crippen molar-refractivity contribution in [1.82, 2.24) is 5.43 Å². The summed E-state index contributed by atoms with van der Waals surface area (Å²) in [6, 6.07) is 21.0. The number of amides is 1. The standard InChI is InChI=1S/C24H17ClN2O4S/c1-30-18-6-4-5-16(13-18)23(28)27-26-14-15-9-11-17(12-10-15)31-24(29)22-21(25)19-7-2-3-8-20(19)32-22/h2-14H,1H3,(H,27,28)/b26-14-. The van der Waals surface area contributed by atoms with Gasteiger partial charge in [0.05, 0.1) is 18.3 Å². The van der Waals surface area contributed by atoms with Crippen molar-refractivity contribution < 1.29 is 19.1 Å². The molecule has 0 aliphatic heterocycles. The van der Waals surface area contributed by atoms with Crippen LogP contribution in [0.3, 0.4) is 0 Å². The van der Waals surface area contributed by atoms with Gasteiger partial charge in [0.15, 0.2) is 0 Å². The van der Waals surface area contributed by atoms with Crippen molar-refractivity contribution in [2.75, 3.05) is 7.11 Å². The largest absolute Gasteiger partial charge is 0.497 e. The van der Waals surface area contributed by atoms with Crippen LogP contribution in [0.2, 0.25) is 5.02 Å². The second kappa shape index (κ2) is 9.64. The van der Waals surface area contributed by atoms with E-state index in [-0.39, 0.29) is 5.91 Å². The average molecular weight is 465 g/mol. The number of halogens is 1. The molecule has 0 aliphatic rings. The molecule has 1 aromatic heterocycles. The number of nitrogens with zero attached hydrogens (tertiary/aromatic N) is 1. The molecule has 0 saturated carbocycles. The number of carbonyl (C=O) groups is 2. The van der Waals surface area contributed by atoms with Crippen LogP contribution in [0.25, 0.3) is 10.1 Å². The number of ether oxygens (including phenoxy) is 2. The molecule has 4 aromatic rings. The summed E-state index contributed by atoms with van der Waals surface area (Å²) in [5, 5.41) is 5.18. The molecule has 0 spiro atoms. The predicted molar refractivity (Wildman–Crippen MR) is 126 cm³/mol. The number of hydrogen-bond donors (Lipinski definition) is 1. The minimum Gasteiger partial charge on any atom is -0.497 e. The van der Waals surface area contributed by atoms with E-state index in [1.807, 2.05) is 24.3 Å². The van der Waals surface area contributed by atoms with E-state index in [1.54, 1.807) is 48.5 Å². The number of hydrogen-bond acceptors (Lipinski definition) is 6. The zero-order chi connectivity index (χ0) is 22.5. The van der Waals surface area contributed by atoms with Gasteiger partial charge in [-0.15, -0.1) is 11.3 Å². The number of fused-ring (bicyclic) bond motifs is 1. The van der Waals surface area contributed by atoms with Gasteiger partial charge in [-0.25, -0.2) is 10.2 Å². The van der Waals surface area contributed by atoms with Gasteiger partial charge in [0.1, 0.15) is 16.4 Å². The highest BCUT2D eigenvalue weighted by Crippen LogP contribution is 2.35. The highest BCUT2D eigenvalue weighted by Gasteiger charge is 2.18. The van der Waals surface area contributed by atoms with Gasteiger partial charge in [-0.05, 0) is 54.1 Å². The lowest BCUT2D eigenvalue weighted by Crippen LogP contribution is -2.17. The van der Waals surface area contributed by atoms with Gasteiger partial charge in [-0.3, -0.25) is 4.79 Å². The van der Waals surface area contributed by atoms with Crippen LogP contribution in [-0.4, -0.2) is 25.2 Å². The first kappa shape index (κ1) is 21.5. The number of carbonyl (C=O) groups excluding carboxylic acids is 2. The molecule has 3 aromatic carbocycles. The molecule has 1 heterocycles. The first-order valence-electron chi connectivity index (χ1n) is 9.52. The van der Waals surface area contributed by atoms with Crippen LogP contribution >= 0.6 is 22.9 Å². The van der Waals surface area contributed by atoms with E-state index in [2.05, 4.69) is 10.5 Å². The smallest absolute Gasteiger partial charge is 0.355 e. The van der Waals surface area contributed by atoms with Crippen molar-refractivity contribution in [1.29, 1.82) is 0 Å². The van der Waals surface area contributed by atoms with Gasteiger partial charge in [0.25, 0.3) is 5.91 Å². The number of thiophene rings is 1. The third-order valence-corrected chi connectivity index (χ3v) is 6.18. The summed E-state index contributed by atoms with van der Waals surface area (Å²) in [5.41, 5.74) is 3.61. The number of esters is 1. The summed E-state index contributed by atoms with van der Waals surface area (Å²) in [5.74, 6) is 0.0962. The summed E-state index contributed by atoms with van der Waals surface area (Å²) in [6.07, 6.45) is 1.49. The maximum atomic E-state index is 12.5. The SMILES string of the molecule is COc1cccc(C(=O)N/N=C\c2ccc(OC(=O)c3sc4ccccc4c3Cl)cc2)c1. The number of benzene rings is 3. The molecule has 0 saturated heterocycles. The molecular formula is C24H17ClN2O4S. The van der Waals surface area contributed by atoms with E-state index >= 15 is 0 Å². The van der Waals surface area contributed by atoms with Crippen LogP contribution in [-0.2, 0) is 0 Å². The summed E-state index contributed by atoms with van der Waals surface area (Å²) >= 11 is 7.63. The Morgan fingerprint density at radius 1 is 1.00 bits per heavy atom. The van der Waals surface area contributed by atoms with Gasteiger partial charge < -0.3 is 9.47 Å². The molecule has 1 amide bonds. The number of rotatable bonds is 6. The van der Waals surface area contributed by atoms with Crippen molar-refractivity contribution in [3.63, 3.8) is 0 Å². The van der Waals surface area contributed by atoms with Gasteiger partial charge in [0.2, 0.25) is 0 Å². The third-order valence-electron chi connectivity index (χ3n) is 4.52. The molecule has 0 fully saturated rings. The predicted octanol–water partition coefficient (Wildman–Crippen LogP) is 5.55. The van der Waals surface area contributed by atoms with Crippen LogP contribution < -0.4 is 14.9 Å². The maximum absolute atomic E-state index is 12.5. The fourth-order valence-electron chi connectivity index (χ4n) is 2.91. The highest BCUT2D eigenvalue weighted by molar-refractivity contribution is 7.21. The highest BCUT2D eigenvalue weighted by atomic mass is 35.5. The molecule has 32 heavy (non-hydrogen) atoms. The summed E-state index contributed by atoms with van der Waals surface area (Å²) < 4.78 is 11.5. The molecule has 160 valence electrons. The Morgan fingerprint density at radius 2 is 1.78 bits per heavy atom. The molecule has 4 rings (SSSR count). The van der Waals surface area contributed by atoms with Gasteiger partial charge in [-0.1, -0.05) is 35.9 Å². The molecule has 0 aliphatic carbocycles. The van der Waals surface area contributed by atoms with E-state index in [0.29, 0.717) is 27.0 Å². The molecule has 0 bridgehead atoms. The normalized spacial score (nSPS) is 10.9. The third kappa shape index (κ3) is 4.80. The Kier molecular flexibility index (Phi) is 6.49. The first-order chi connectivity index (χ1) is 15.5. The average Bonchev–Trinajstić information content (AvgIpc) is 3.17. The van der Waals surface area contributed by atoms with Gasteiger partial charge in [-0.2, -0.15) is 5.10 Å². The molecule has 0 atom stereocenters. The molecular weight excluding hydrogens is 448 g/mol. The zero-order valence-electron chi connectivity index (χ0n) is 16.9. The Bertz CT molecular complexity index is 1320. The fourth-order valence-corrected chi connectivity index (χ4v) is 4.30. The second-order valence-electron chi connectivity index (χ2n) is 6.63. The quantitative estimate of drug-likeness (QED) is 0.176. The van der Waals surface area contributed by atoms with Crippen LogP contribution in [0, 0.1) is 0 Å². The molecule has 6 nitrogen and oxygen atoms in total. The summed E-state index contributed by atoms with van der Waals surface area (Å²) in [4.78, 5) is 25.1. The van der Waals surface area contributed by atoms with Crippen molar-refractivity contribution in [3.05, 3.63) is 93.8 Å². The van der Waals surface area contributed by atoms with Gasteiger partial charge in [0, 0.05) is 15.6 Å². The Balaban J connectivity index is 1.37. The van der Waals surface area contributed by atoms with E-state index in [4.69, 9.17) is 21.1 Å². The Labute approximate surface area is 193 Å². The second-order valence-corrected chi connectivity index (χ2v) is 8.06. The van der Waals surface area contributed by atoms with E-state index < -0.39 is 5.97 Å². The molecule has 8 heteroatoms.